The van der Waals surface area contributed by atoms with Gasteiger partial charge in [-0.3, -0.25) is 13.9 Å². The fourth-order valence-electron chi connectivity index (χ4n) is 4.21. The normalized spacial score (nSPS) is 12.8. The van der Waals surface area contributed by atoms with Crippen LogP contribution in [0, 0.1) is 13.8 Å². The van der Waals surface area contributed by atoms with Crippen molar-refractivity contribution in [3.8, 4) is 0 Å². The lowest BCUT2D eigenvalue weighted by Gasteiger charge is -2.34. The molecule has 3 aromatic carbocycles. The Kier molecular flexibility index (Phi) is 10.3. The summed E-state index contributed by atoms with van der Waals surface area (Å²) in [6.45, 7) is 7.54. The third-order valence-electron chi connectivity index (χ3n) is 6.75. The average molecular weight is 550 g/mol. The summed E-state index contributed by atoms with van der Waals surface area (Å²) in [7, 11) is -3.78. The summed E-state index contributed by atoms with van der Waals surface area (Å²) in [5.41, 5.74) is 4.21. The second kappa shape index (κ2) is 13.4. The maximum Gasteiger partial charge on any atom is 0.244 e. The van der Waals surface area contributed by atoms with Crippen LogP contribution in [0.2, 0.25) is 0 Å². The molecular formula is C31H39N3O4S. The summed E-state index contributed by atoms with van der Waals surface area (Å²) >= 11 is 0. The maximum atomic E-state index is 14.0. The molecule has 0 fully saturated rings. The van der Waals surface area contributed by atoms with Crippen LogP contribution in [0.5, 0.6) is 0 Å². The van der Waals surface area contributed by atoms with E-state index in [1.165, 1.54) is 4.90 Å². The molecule has 2 unspecified atom stereocenters. The van der Waals surface area contributed by atoms with Crippen LogP contribution >= 0.6 is 0 Å². The van der Waals surface area contributed by atoms with Gasteiger partial charge < -0.3 is 10.2 Å². The van der Waals surface area contributed by atoms with Crippen LogP contribution in [-0.2, 0) is 32.6 Å². The predicted octanol–water partition coefficient (Wildman–Crippen LogP) is 4.62. The van der Waals surface area contributed by atoms with Gasteiger partial charge in [0.2, 0.25) is 21.8 Å². The summed E-state index contributed by atoms with van der Waals surface area (Å²) in [5.74, 6) is -0.725. The zero-order valence-electron chi connectivity index (χ0n) is 23.4. The molecule has 7 nitrogen and oxygen atoms in total. The summed E-state index contributed by atoms with van der Waals surface area (Å²) in [4.78, 5) is 29.2. The molecule has 0 aliphatic carbocycles. The Morgan fingerprint density at radius 2 is 1.41 bits per heavy atom. The minimum Gasteiger partial charge on any atom is -0.352 e. The van der Waals surface area contributed by atoms with Crippen LogP contribution in [0.3, 0.4) is 0 Å². The molecule has 0 bridgehead atoms. The molecule has 2 atom stereocenters. The topological polar surface area (TPSA) is 86.8 Å². The average Bonchev–Trinajstić information content (AvgIpc) is 2.90. The van der Waals surface area contributed by atoms with E-state index in [0.29, 0.717) is 12.1 Å². The van der Waals surface area contributed by atoms with E-state index in [4.69, 9.17) is 0 Å². The molecule has 8 heteroatoms. The summed E-state index contributed by atoms with van der Waals surface area (Å²) < 4.78 is 26.8. The van der Waals surface area contributed by atoms with E-state index in [1.54, 1.807) is 24.3 Å². The van der Waals surface area contributed by atoms with E-state index in [9.17, 15) is 18.0 Å². The Morgan fingerprint density at radius 1 is 0.846 bits per heavy atom. The van der Waals surface area contributed by atoms with Crippen molar-refractivity contribution in [2.75, 3.05) is 17.1 Å². The van der Waals surface area contributed by atoms with Crippen molar-refractivity contribution in [1.29, 1.82) is 0 Å². The van der Waals surface area contributed by atoms with Gasteiger partial charge in [-0.1, -0.05) is 84.8 Å². The molecule has 3 aromatic rings. The molecule has 0 aliphatic heterocycles. The number of nitrogens with zero attached hydrogens (tertiary/aromatic N) is 2. The number of anilines is 1. The third-order valence-corrected chi connectivity index (χ3v) is 7.89. The maximum absolute atomic E-state index is 14.0. The molecule has 1 N–H and O–H groups in total. The highest BCUT2D eigenvalue weighted by atomic mass is 32.2. The van der Waals surface area contributed by atoms with Gasteiger partial charge in [-0.25, -0.2) is 8.42 Å². The first-order valence-corrected chi connectivity index (χ1v) is 15.1. The lowest BCUT2D eigenvalue weighted by Crippen LogP contribution is -2.54. The molecule has 0 radical (unpaired) electrons. The van der Waals surface area contributed by atoms with Crippen molar-refractivity contribution < 1.29 is 18.0 Å². The number of nitrogens with one attached hydrogen (secondary N) is 1. The number of carbonyl (C=O) groups excluding carboxylic acids is 2. The van der Waals surface area contributed by atoms with Gasteiger partial charge in [0.1, 0.15) is 12.6 Å². The van der Waals surface area contributed by atoms with Crippen molar-refractivity contribution in [3.05, 3.63) is 101 Å². The standard InChI is InChI=1S/C31H39N3O4S/c1-6-25(4)32-31(36)29(20-26-10-8-7-9-11-26)33(21-27-16-12-23(2)13-17-27)30(35)22-34(39(5,37)38)28-18-14-24(3)15-19-28/h7-19,25,29H,6,20-22H2,1-5H3,(H,32,36). The highest BCUT2D eigenvalue weighted by Gasteiger charge is 2.33. The fraction of sp³-hybridized carbons (Fsp3) is 0.355. The van der Waals surface area contributed by atoms with Gasteiger partial charge in [0.05, 0.1) is 11.9 Å². The van der Waals surface area contributed by atoms with E-state index < -0.39 is 28.5 Å². The van der Waals surface area contributed by atoms with E-state index in [1.807, 2.05) is 82.3 Å². The molecule has 0 heterocycles. The fourth-order valence-corrected chi connectivity index (χ4v) is 5.06. The lowest BCUT2D eigenvalue weighted by atomic mass is 10.0. The van der Waals surface area contributed by atoms with Crippen molar-refractivity contribution in [3.63, 3.8) is 0 Å². The van der Waals surface area contributed by atoms with Gasteiger partial charge >= 0.3 is 0 Å². The molecule has 3 rings (SSSR count). The third kappa shape index (κ3) is 8.68. The van der Waals surface area contributed by atoms with E-state index in [2.05, 4.69) is 5.32 Å². The smallest absolute Gasteiger partial charge is 0.244 e. The first-order chi connectivity index (χ1) is 18.5. The molecule has 208 valence electrons. The highest BCUT2D eigenvalue weighted by Crippen LogP contribution is 2.21. The van der Waals surface area contributed by atoms with Gasteiger partial charge in [-0.05, 0) is 50.5 Å². The highest BCUT2D eigenvalue weighted by molar-refractivity contribution is 7.92. The van der Waals surface area contributed by atoms with Crippen LogP contribution in [0.4, 0.5) is 5.69 Å². The first-order valence-electron chi connectivity index (χ1n) is 13.2. The van der Waals surface area contributed by atoms with Crippen LogP contribution in [0.1, 0.15) is 42.5 Å². The van der Waals surface area contributed by atoms with Crippen LogP contribution < -0.4 is 9.62 Å². The molecule has 0 saturated carbocycles. The molecule has 0 spiro atoms. The predicted molar refractivity (Wildman–Crippen MR) is 157 cm³/mol. The van der Waals surface area contributed by atoms with Gasteiger partial charge in [0.25, 0.3) is 0 Å². The second-order valence-electron chi connectivity index (χ2n) is 10.1. The number of sulfonamides is 1. The SMILES string of the molecule is CCC(C)NC(=O)C(Cc1ccccc1)N(Cc1ccc(C)cc1)C(=O)CN(c1ccc(C)cc1)S(C)(=O)=O. The number of amides is 2. The van der Waals surface area contributed by atoms with E-state index in [0.717, 1.165) is 39.2 Å². The number of carbonyl (C=O) groups is 2. The Labute approximate surface area is 232 Å². The van der Waals surface area contributed by atoms with Gasteiger partial charge in [0, 0.05) is 19.0 Å². The Morgan fingerprint density at radius 3 is 1.95 bits per heavy atom. The number of hydrogen-bond donors (Lipinski definition) is 1. The largest absolute Gasteiger partial charge is 0.352 e. The van der Waals surface area contributed by atoms with Gasteiger partial charge in [-0.15, -0.1) is 0 Å². The number of rotatable bonds is 12. The van der Waals surface area contributed by atoms with Gasteiger partial charge in [-0.2, -0.15) is 0 Å². The Hall–Kier alpha value is -3.65. The number of hydrogen-bond acceptors (Lipinski definition) is 4. The van der Waals surface area contributed by atoms with Crippen LogP contribution in [0.15, 0.2) is 78.9 Å². The monoisotopic (exact) mass is 549 g/mol. The molecule has 0 aliphatic rings. The molecular weight excluding hydrogens is 510 g/mol. The van der Waals surface area contributed by atoms with Crippen LogP contribution in [-0.4, -0.2) is 50.0 Å². The van der Waals surface area contributed by atoms with Crippen LogP contribution in [0.25, 0.3) is 0 Å². The van der Waals surface area contributed by atoms with E-state index in [-0.39, 0.29) is 18.5 Å². The minimum absolute atomic E-state index is 0.0767. The van der Waals surface area contributed by atoms with E-state index >= 15 is 0 Å². The first kappa shape index (κ1) is 29.9. The Balaban J connectivity index is 2.04. The summed E-state index contributed by atoms with van der Waals surface area (Å²) in [6.07, 6.45) is 2.12. The molecule has 39 heavy (non-hydrogen) atoms. The quantitative estimate of drug-likeness (QED) is 0.357. The van der Waals surface area contributed by atoms with Gasteiger partial charge in [0.15, 0.2) is 0 Å². The zero-order valence-corrected chi connectivity index (χ0v) is 24.2. The lowest BCUT2D eigenvalue weighted by molar-refractivity contribution is -0.140. The minimum atomic E-state index is -3.78. The van der Waals surface area contributed by atoms with Crippen molar-refractivity contribution >= 4 is 27.5 Å². The summed E-state index contributed by atoms with van der Waals surface area (Å²) in [6, 6.07) is 23.4. The summed E-state index contributed by atoms with van der Waals surface area (Å²) in [5, 5.41) is 3.04. The number of benzene rings is 3. The zero-order chi connectivity index (χ0) is 28.6. The van der Waals surface area contributed by atoms with Crippen molar-refractivity contribution in [2.24, 2.45) is 0 Å². The molecule has 2 amide bonds. The van der Waals surface area contributed by atoms with Crippen molar-refractivity contribution in [1.82, 2.24) is 10.2 Å². The molecule has 0 saturated heterocycles. The van der Waals surface area contributed by atoms with Crippen molar-refractivity contribution in [2.45, 2.75) is 59.2 Å². The Bertz CT molecular complexity index is 1340. The number of aryl methyl sites for hydroxylation is 2. The second-order valence-corrected chi connectivity index (χ2v) is 12.0. The molecule has 0 aromatic heterocycles.